The lowest BCUT2D eigenvalue weighted by Crippen LogP contribution is -2.30. The van der Waals surface area contributed by atoms with Crippen LogP contribution in [0.1, 0.15) is 16.8 Å². The maximum absolute atomic E-state index is 12.9. The first-order valence-corrected chi connectivity index (χ1v) is 10.2. The van der Waals surface area contributed by atoms with Gasteiger partial charge in [0.25, 0.3) is 15.9 Å². The van der Waals surface area contributed by atoms with Crippen molar-refractivity contribution in [2.75, 3.05) is 31.0 Å². The van der Waals surface area contributed by atoms with E-state index < -0.39 is 10.0 Å². The molecule has 0 unspecified atom stereocenters. The molecular weight excluding hydrogens is 362 g/mol. The van der Waals surface area contributed by atoms with Gasteiger partial charge in [0.05, 0.1) is 10.6 Å². The van der Waals surface area contributed by atoms with Crippen LogP contribution in [0.25, 0.3) is 0 Å². The number of benzene rings is 2. The Morgan fingerprint density at radius 2 is 1.93 bits per heavy atom. The first-order valence-electron chi connectivity index (χ1n) is 8.79. The summed E-state index contributed by atoms with van der Waals surface area (Å²) in [4.78, 5) is 12.5. The third-order valence-corrected chi connectivity index (χ3v) is 6.29. The Kier molecular flexibility index (Phi) is 5.93. The van der Waals surface area contributed by atoms with Gasteiger partial charge in [0, 0.05) is 25.7 Å². The molecule has 0 saturated heterocycles. The summed E-state index contributed by atoms with van der Waals surface area (Å²) >= 11 is 0. The molecule has 0 spiro atoms. The number of sulfonamides is 1. The van der Waals surface area contributed by atoms with Gasteiger partial charge in [-0.2, -0.15) is 0 Å². The van der Waals surface area contributed by atoms with Gasteiger partial charge in [0.1, 0.15) is 0 Å². The third kappa shape index (κ3) is 4.56. The molecule has 0 bridgehead atoms. The molecule has 0 aromatic heterocycles. The quantitative estimate of drug-likeness (QED) is 0.747. The standard InChI is InChI=1S/C20H23N3O3S/c1-23(18-7-3-2-4-8-18)27(25,26)19-9-5-6-17(14-19)20(24)22-15-16-10-12-21-13-11-16/h2-10,14,21H,11-13,15H2,1H3,(H,22,24). The van der Waals surface area contributed by atoms with Crippen molar-refractivity contribution in [2.45, 2.75) is 11.3 Å². The van der Waals surface area contributed by atoms with Gasteiger partial charge in [-0.15, -0.1) is 0 Å². The Bertz CT molecular complexity index is 940. The highest BCUT2D eigenvalue weighted by molar-refractivity contribution is 7.92. The van der Waals surface area contributed by atoms with E-state index >= 15 is 0 Å². The van der Waals surface area contributed by atoms with Crippen LogP contribution in [0.5, 0.6) is 0 Å². The third-order valence-electron chi connectivity index (χ3n) is 4.51. The van der Waals surface area contributed by atoms with Gasteiger partial charge in [0.2, 0.25) is 0 Å². The van der Waals surface area contributed by atoms with Gasteiger partial charge in [-0.1, -0.05) is 35.9 Å². The number of rotatable bonds is 6. The van der Waals surface area contributed by atoms with Crippen molar-refractivity contribution in [3.8, 4) is 0 Å². The molecule has 6 nitrogen and oxygen atoms in total. The van der Waals surface area contributed by atoms with Crippen LogP contribution in [-0.4, -0.2) is 41.0 Å². The first-order chi connectivity index (χ1) is 13.0. The number of carbonyl (C=O) groups is 1. The second-order valence-electron chi connectivity index (χ2n) is 6.34. The molecule has 0 radical (unpaired) electrons. The van der Waals surface area contributed by atoms with Crippen molar-refractivity contribution in [2.24, 2.45) is 0 Å². The average Bonchev–Trinajstić information content (AvgIpc) is 2.73. The number of para-hydroxylation sites is 1. The zero-order valence-electron chi connectivity index (χ0n) is 15.2. The highest BCUT2D eigenvalue weighted by atomic mass is 32.2. The molecule has 0 atom stereocenters. The molecule has 0 saturated carbocycles. The summed E-state index contributed by atoms with van der Waals surface area (Å²) in [6, 6.07) is 15.0. The Morgan fingerprint density at radius 1 is 1.15 bits per heavy atom. The van der Waals surface area contributed by atoms with Crippen LogP contribution in [0.15, 0.2) is 71.1 Å². The maximum atomic E-state index is 12.9. The topological polar surface area (TPSA) is 78.5 Å². The van der Waals surface area contributed by atoms with Gasteiger partial charge in [0.15, 0.2) is 0 Å². The van der Waals surface area contributed by atoms with Crippen molar-refractivity contribution < 1.29 is 13.2 Å². The van der Waals surface area contributed by atoms with E-state index in [4.69, 9.17) is 0 Å². The van der Waals surface area contributed by atoms with Crippen LogP contribution in [0.4, 0.5) is 5.69 Å². The molecule has 2 aromatic carbocycles. The molecule has 2 N–H and O–H groups in total. The largest absolute Gasteiger partial charge is 0.348 e. The number of carbonyl (C=O) groups excluding carboxylic acids is 1. The van der Waals surface area contributed by atoms with E-state index in [0.29, 0.717) is 17.8 Å². The highest BCUT2D eigenvalue weighted by Crippen LogP contribution is 2.22. The smallest absolute Gasteiger partial charge is 0.264 e. The summed E-state index contributed by atoms with van der Waals surface area (Å²) in [5.74, 6) is -0.283. The molecule has 1 aliphatic heterocycles. The summed E-state index contributed by atoms with van der Waals surface area (Å²) in [6.07, 6.45) is 2.97. The lowest BCUT2D eigenvalue weighted by Gasteiger charge is -2.20. The van der Waals surface area contributed by atoms with Gasteiger partial charge >= 0.3 is 0 Å². The van der Waals surface area contributed by atoms with Crippen molar-refractivity contribution in [3.63, 3.8) is 0 Å². The van der Waals surface area contributed by atoms with E-state index in [1.165, 1.54) is 29.1 Å². The lowest BCUT2D eigenvalue weighted by molar-refractivity contribution is 0.0956. The average molecular weight is 385 g/mol. The van der Waals surface area contributed by atoms with Crippen LogP contribution >= 0.6 is 0 Å². The fraction of sp³-hybridized carbons (Fsp3) is 0.250. The minimum absolute atomic E-state index is 0.0857. The van der Waals surface area contributed by atoms with Crippen LogP contribution in [0.3, 0.4) is 0 Å². The van der Waals surface area contributed by atoms with Crippen LogP contribution in [0, 0.1) is 0 Å². The fourth-order valence-electron chi connectivity index (χ4n) is 2.86. The lowest BCUT2D eigenvalue weighted by atomic mass is 10.1. The van der Waals surface area contributed by atoms with E-state index in [1.54, 1.807) is 36.4 Å². The zero-order chi connectivity index (χ0) is 19.3. The van der Waals surface area contributed by atoms with E-state index in [-0.39, 0.29) is 10.8 Å². The van der Waals surface area contributed by atoms with Gasteiger partial charge in [-0.25, -0.2) is 8.42 Å². The molecule has 0 fully saturated rings. The normalized spacial score (nSPS) is 14.3. The molecule has 142 valence electrons. The summed E-state index contributed by atoms with van der Waals surface area (Å²) in [7, 11) is -2.25. The summed E-state index contributed by atoms with van der Waals surface area (Å²) in [5, 5.41) is 6.09. The molecule has 1 heterocycles. The zero-order valence-corrected chi connectivity index (χ0v) is 16.0. The number of amides is 1. The Balaban J connectivity index is 1.76. The van der Waals surface area contributed by atoms with Crippen LogP contribution in [0.2, 0.25) is 0 Å². The minimum atomic E-state index is -3.75. The first kappa shape index (κ1) is 19.1. The number of hydrogen-bond acceptors (Lipinski definition) is 4. The predicted molar refractivity (Wildman–Crippen MR) is 106 cm³/mol. The van der Waals surface area contributed by atoms with E-state index in [0.717, 1.165) is 19.5 Å². The molecule has 0 aliphatic carbocycles. The second-order valence-corrected chi connectivity index (χ2v) is 8.30. The number of hydrogen-bond donors (Lipinski definition) is 2. The molecular formula is C20H23N3O3S. The van der Waals surface area contributed by atoms with E-state index in [9.17, 15) is 13.2 Å². The van der Waals surface area contributed by atoms with Crippen molar-refractivity contribution in [3.05, 3.63) is 71.8 Å². The van der Waals surface area contributed by atoms with Crippen molar-refractivity contribution in [1.82, 2.24) is 10.6 Å². The van der Waals surface area contributed by atoms with Crippen molar-refractivity contribution >= 4 is 21.6 Å². The molecule has 1 amide bonds. The number of anilines is 1. The summed E-state index contributed by atoms with van der Waals surface area (Å²) in [5.41, 5.74) is 2.06. The molecule has 1 aliphatic rings. The number of nitrogens with one attached hydrogen (secondary N) is 2. The Hall–Kier alpha value is -2.64. The SMILES string of the molecule is CN(c1ccccc1)S(=O)(=O)c1cccc(C(=O)NCC2=CCNCC2)c1. The van der Waals surface area contributed by atoms with E-state index in [1.807, 2.05) is 6.07 Å². The summed E-state index contributed by atoms with van der Waals surface area (Å²) < 4.78 is 27.0. The maximum Gasteiger partial charge on any atom is 0.264 e. The monoisotopic (exact) mass is 385 g/mol. The van der Waals surface area contributed by atoms with E-state index in [2.05, 4.69) is 16.7 Å². The Labute approximate surface area is 159 Å². The van der Waals surface area contributed by atoms with Crippen LogP contribution in [-0.2, 0) is 10.0 Å². The summed E-state index contributed by atoms with van der Waals surface area (Å²) in [6.45, 7) is 2.19. The number of nitrogens with zero attached hydrogens (tertiary/aromatic N) is 1. The Morgan fingerprint density at radius 3 is 2.63 bits per heavy atom. The van der Waals surface area contributed by atoms with Gasteiger partial charge in [-0.3, -0.25) is 9.10 Å². The highest BCUT2D eigenvalue weighted by Gasteiger charge is 2.22. The minimum Gasteiger partial charge on any atom is -0.348 e. The van der Waals surface area contributed by atoms with Gasteiger partial charge < -0.3 is 10.6 Å². The van der Waals surface area contributed by atoms with Crippen molar-refractivity contribution in [1.29, 1.82) is 0 Å². The molecule has 27 heavy (non-hydrogen) atoms. The fourth-order valence-corrected chi connectivity index (χ4v) is 4.10. The second kappa shape index (κ2) is 8.37. The molecule has 3 rings (SSSR count). The van der Waals surface area contributed by atoms with Crippen LogP contribution < -0.4 is 14.9 Å². The molecule has 2 aromatic rings. The van der Waals surface area contributed by atoms with Gasteiger partial charge in [-0.05, 0) is 43.3 Å². The molecule has 7 heteroatoms. The predicted octanol–water partition coefficient (Wildman–Crippen LogP) is 2.16.